The molecular weight excluding hydrogens is 251 g/mol. The topological polar surface area (TPSA) is 29.3 Å². The molecule has 0 spiro atoms. The third-order valence-corrected chi connectivity index (χ3v) is 4.26. The molecule has 3 atom stereocenters. The van der Waals surface area contributed by atoms with Crippen LogP contribution in [0.2, 0.25) is 5.02 Å². The molecule has 0 saturated carbocycles. The van der Waals surface area contributed by atoms with Gasteiger partial charge in [0.05, 0.1) is 5.02 Å². The lowest BCUT2D eigenvalue weighted by molar-refractivity contribution is 0.200. The maximum Gasteiger partial charge on any atom is 0.141 e. The van der Waals surface area contributed by atoms with Gasteiger partial charge in [0.25, 0.3) is 0 Å². The Hall–Kier alpha value is -0.640. The molecule has 2 N–H and O–H groups in total. The minimum absolute atomic E-state index is 0.196. The first-order chi connectivity index (χ1) is 8.52. The van der Waals surface area contributed by atoms with Crippen molar-refractivity contribution in [3.63, 3.8) is 0 Å². The maximum atomic E-state index is 13.2. The fourth-order valence-electron chi connectivity index (χ4n) is 2.84. The van der Waals surface area contributed by atoms with Crippen molar-refractivity contribution in [2.45, 2.75) is 32.4 Å². The molecule has 3 unspecified atom stereocenters. The summed E-state index contributed by atoms with van der Waals surface area (Å²) in [6.45, 7) is 6.10. The number of likely N-dealkylation sites (tertiary alicyclic amines) is 1. The predicted molar refractivity (Wildman–Crippen MR) is 73.2 cm³/mol. The molecule has 100 valence electrons. The zero-order valence-corrected chi connectivity index (χ0v) is 11.6. The number of hydrogen-bond acceptors (Lipinski definition) is 2. The van der Waals surface area contributed by atoms with Crippen LogP contribution in [0.25, 0.3) is 0 Å². The molecule has 1 saturated heterocycles. The zero-order valence-electron chi connectivity index (χ0n) is 10.9. The molecule has 0 aromatic heterocycles. The number of nitrogens with two attached hydrogens (primary N) is 1. The zero-order chi connectivity index (χ0) is 13.3. The van der Waals surface area contributed by atoms with Crippen molar-refractivity contribution in [1.29, 1.82) is 0 Å². The van der Waals surface area contributed by atoms with E-state index in [1.54, 1.807) is 6.07 Å². The lowest BCUT2D eigenvalue weighted by atomic mass is 10.1. The second-order valence-electron chi connectivity index (χ2n) is 5.23. The summed E-state index contributed by atoms with van der Waals surface area (Å²) in [6, 6.07) is 5.74. The van der Waals surface area contributed by atoms with E-state index in [-0.39, 0.29) is 16.9 Å². The van der Waals surface area contributed by atoms with Crippen molar-refractivity contribution < 1.29 is 4.39 Å². The van der Waals surface area contributed by atoms with Gasteiger partial charge in [-0.15, -0.1) is 0 Å². The highest BCUT2D eigenvalue weighted by Crippen LogP contribution is 2.32. The molecule has 0 aliphatic carbocycles. The highest BCUT2D eigenvalue weighted by atomic mass is 35.5. The van der Waals surface area contributed by atoms with Gasteiger partial charge in [-0.1, -0.05) is 17.7 Å². The van der Waals surface area contributed by atoms with Gasteiger partial charge < -0.3 is 5.73 Å². The molecule has 2 rings (SSSR count). The van der Waals surface area contributed by atoms with E-state index in [9.17, 15) is 4.39 Å². The van der Waals surface area contributed by atoms with E-state index >= 15 is 0 Å². The van der Waals surface area contributed by atoms with Gasteiger partial charge in [-0.25, -0.2) is 4.39 Å². The van der Waals surface area contributed by atoms with Gasteiger partial charge in [0.15, 0.2) is 0 Å². The summed E-state index contributed by atoms with van der Waals surface area (Å²) < 4.78 is 13.2. The fraction of sp³-hybridized carbons (Fsp3) is 0.571. The van der Waals surface area contributed by atoms with Crippen LogP contribution in [-0.4, -0.2) is 24.0 Å². The van der Waals surface area contributed by atoms with E-state index in [4.69, 9.17) is 17.3 Å². The van der Waals surface area contributed by atoms with Crippen LogP contribution in [0.4, 0.5) is 4.39 Å². The van der Waals surface area contributed by atoms with E-state index in [0.29, 0.717) is 12.0 Å². The Labute approximate surface area is 113 Å². The lowest BCUT2D eigenvalue weighted by Gasteiger charge is -2.29. The largest absolute Gasteiger partial charge is 0.330 e. The third kappa shape index (κ3) is 2.68. The Kier molecular flexibility index (Phi) is 4.25. The van der Waals surface area contributed by atoms with Crippen molar-refractivity contribution in [2.75, 3.05) is 13.1 Å². The first-order valence-corrected chi connectivity index (χ1v) is 6.81. The molecule has 1 aromatic carbocycles. The van der Waals surface area contributed by atoms with Crippen LogP contribution in [0.3, 0.4) is 0 Å². The molecule has 1 heterocycles. The van der Waals surface area contributed by atoms with Gasteiger partial charge in [0.2, 0.25) is 0 Å². The van der Waals surface area contributed by atoms with Crippen molar-refractivity contribution in [2.24, 2.45) is 11.7 Å². The molecule has 2 nitrogen and oxygen atoms in total. The van der Waals surface area contributed by atoms with E-state index in [2.05, 4.69) is 18.7 Å². The van der Waals surface area contributed by atoms with Crippen LogP contribution >= 0.6 is 11.6 Å². The van der Waals surface area contributed by atoms with E-state index in [0.717, 1.165) is 25.1 Å². The first kappa shape index (κ1) is 13.8. The van der Waals surface area contributed by atoms with Gasteiger partial charge in [0, 0.05) is 18.6 Å². The summed E-state index contributed by atoms with van der Waals surface area (Å²) >= 11 is 5.84. The molecular formula is C14H20ClFN2. The van der Waals surface area contributed by atoms with Crippen molar-refractivity contribution >= 4 is 11.6 Å². The number of rotatable bonds is 3. The maximum absolute atomic E-state index is 13.2. The van der Waals surface area contributed by atoms with Crippen LogP contribution in [0.1, 0.15) is 31.9 Å². The highest BCUT2D eigenvalue weighted by molar-refractivity contribution is 6.30. The Balaban J connectivity index is 2.15. The molecule has 1 aliphatic heterocycles. The van der Waals surface area contributed by atoms with E-state index in [1.165, 1.54) is 6.07 Å². The number of halogens is 2. The molecule has 0 bridgehead atoms. The Morgan fingerprint density at radius 3 is 2.83 bits per heavy atom. The van der Waals surface area contributed by atoms with Gasteiger partial charge in [-0.3, -0.25) is 4.90 Å². The Morgan fingerprint density at radius 2 is 2.28 bits per heavy atom. The van der Waals surface area contributed by atoms with E-state index in [1.807, 2.05) is 6.07 Å². The standard InChI is InChI=1S/C14H20ClFN2/c1-9-5-11(7-17)8-18(9)10(2)12-3-4-14(16)13(15)6-12/h3-4,6,9-11H,5,7-8,17H2,1-2H3. The van der Waals surface area contributed by atoms with Crippen molar-refractivity contribution in [3.8, 4) is 0 Å². The average molecular weight is 271 g/mol. The van der Waals surface area contributed by atoms with Gasteiger partial charge >= 0.3 is 0 Å². The quantitative estimate of drug-likeness (QED) is 0.914. The van der Waals surface area contributed by atoms with Gasteiger partial charge in [-0.2, -0.15) is 0 Å². The second kappa shape index (κ2) is 5.55. The van der Waals surface area contributed by atoms with Crippen molar-refractivity contribution in [3.05, 3.63) is 34.6 Å². The summed E-state index contributed by atoms with van der Waals surface area (Å²) in [5, 5.41) is 0.196. The second-order valence-corrected chi connectivity index (χ2v) is 5.64. The van der Waals surface area contributed by atoms with Crippen molar-refractivity contribution in [1.82, 2.24) is 4.90 Å². The minimum Gasteiger partial charge on any atom is -0.330 e. The molecule has 0 radical (unpaired) electrons. The molecule has 1 aliphatic rings. The average Bonchev–Trinajstić information content (AvgIpc) is 2.73. The van der Waals surface area contributed by atoms with Crippen LogP contribution in [0.15, 0.2) is 18.2 Å². The molecule has 1 fully saturated rings. The molecule has 18 heavy (non-hydrogen) atoms. The SMILES string of the molecule is CC1CC(CN)CN1C(C)c1ccc(F)c(Cl)c1. The Morgan fingerprint density at radius 1 is 1.56 bits per heavy atom. The molecule has 1 aromatic rings. The molecule has 0 amide bonds. The summed E-state index contributed by atoms with van der Waals surface area (Å²) in [4.78, 5) is 2.42. The summed E-state index contributed by atoms with van der Waals surface area (Å²) in [5.41, 5.74) is 6.80. The van der Waals surface area contributed by atoms with Crippen LogP contribution in [-0.2, 0) is 0 Å². The summed E-state index contributed by atoms with van der Waals surface area (Å²) in [7, 11) is 0. The predicted octanol–water partition coefficient (Wildman–Crippen LogP) is 3.21. The van der Waals surface area contributed by atoms with Gasteiger partial charge in [0.1, 0.15) is 5.82 Å². The monoisotopic (exact) mass is 270 g/mol. The first-order valence-electron chi connectivity index (χ1n) is 6.43. The summed E-state index contributed by atoms with van der Waals surface area (Å²) in [5.74, 6) is 0.209. The number of nitrogens with zero attached hydrogens (tertiary/aromatic N) is 1. The number of benzene rings is 1. The molecule has 4 heteroatoms. The smallest absolute Gasteiger partial charge is 0.141 e. The van der Waals surface area contributed by atoms with E-state index < -0.39 is 0 Å². The normalized spacial score (nSPS) is 26.5. The number of hydrogen-bond donors (Lipinski definition) is 1. The fourth-order valence-corrected chi connectivity index (χ4v) is 3.03. The van der Waals surface area contributed by atoms with Crippen LogP contribution in [0.5, 0.6) is 0 Å². The Bertz CT molecular complexity index is 424. The highest BCUT2D eigenvalue weighted by Gasteiger charge is 2.31. The third-order valence-electron chi connectivity index (χ3n) is 3.97. The van der Waals surface area contributed by atoms with Crippen LogP contribution in [0, 0.1) is 11.7 Å². The minimum atomic E-state index is -0.359. The van der Waals surface area contributed by atoms with Crippen LogP contribution < -0.4 is 5.73 Å². The summed E-state index contributed by atoms with van der Waals surface area (Å²) in [6.07, 6.45) is 1.13. The van der Waals surface area contributed by atoms with Gasteiger partial charge in [-0.05, 0) is 50.4 Å². The lowest BCUT2D eigenvalue weighted by Crippen LogP contribution is -2.30.